The van der Waals surface area contributed by atoms with Crippen LogP contribution in [0.2, 0.25) is 6.32 Å². The summed E-state index contributed by atoms with van der Waals surface area (Å²) in [6.07, 6.45) is 5.70. The van der Waals surface area contributed by atoms with E-state index in [0.29, 0.717) is 37.2 Å². The van der Waals surface area contributed by atoms with E-state index in [1.54, 1.807) is 6.07 Å². The van der Waals surface area contributed by atoms with Gasteiger partial charge in [0.1, 0.15) is 18.1 Å². The molecule has 35 heavy (non-hydrogen) atoms. The molecule has 8 heteroatoms. The van der Waals surface area contributed by atoms with Gasteiger partial charge in [-0.15, -0.1) is 0 Å². The lowest BCUT2D eigenvalue weighted by Gasteiger charge is -2.44. The van der Waals surface area contributed by atoms with E-state index in [4.69, 9.17) is 9.07 Å². The molecular formula is C27H38BNO6. The molecule has 3 aliphatic rings. The zero-order valence-corrected chi connectivity index (χ0v) is 21.3. The summed E-state index contributed by atoms with van der Waals surface area (Å²) in [4.78, 5) is 28.0. The van der Waals surface area contributed by atoms with Crippen LogP contribution >= 0.6 is 0 Å². The highest BCUT2D eigenvalue weighted by atomic mass is 16.5. The van der Waals surface area contributed by atoms with Gasteiger partial charge in [0.15, 0.2) is 0 Å². The molecule has 2 fully saturated rings. The molecule has 0 saturated carbocycles. The molecule has 2 N–H and O–H groups in total. The van der Waals surface area contributed by atoms with Crippen molar-refractivity contribution in [2.45, 2.75) is 78.8 Å². The van der Waals surface area contributed by atoms with E-state index in [1.807, 2.05) is 19.1 Å². The molecule has 2 amide bonds. The third-order valence-corrected chi connectivity index (χ3v) is 7.85. The minimum atomic E-state index is -0.949. The van der Waals surface area contributed by atoms with Gasteiger partial charge in [-0.05, 0) is 74.0 Å². The zero-order valence-electron chi connectivity index (χ0n) is 21.3. The van der Waals surface area contributed by atoms with Gasteiger partial charge in [-0.3, -0.25) is 14.5 Å². The molecular weight excluding hydrogens is 445 g/mol. The molecule has 2 aliphatic heterocycles. The Labute approximate surface area is 208 Å². The molecule has 0 radical (unpaired) electrons. The van der Waals surface area contributed by atoms with Gasteiger partial charge in [0, 0.05) is 6.54 Å². The molecule has 1 aromatic rings. The first kappa shape index (κ1) is 25.9. The van der Waals surface area contributed by atoms with Crippen LogP contribution in [0.15, 0.2) is 33.3 Å². The third-order valence-electron chi connectivity index (χ3n) is 7.85. The highest BCUT2D eigenvalue weighted by Crippen LogP contribution is 2.52. The normalized spacial score (nSPS) is 27.2. The summed E-state index contributed by atoms with van der Waals surface area (Å²) >= 11 is 0. The molecule has 0 spiro atoms. The van der Waals surface area contributed by atoms with E-state index in [9.17, 15) is 19.7 Å². The second kappa shape index (κ2) is 10.8. The molecule has 1 aromatic heterocycles. The van der Waals surface area contributed by atoms with Gasteiger partial charge in [-0.1, -0.05) is 38.8 Å². The van der Waals surface area contributed by atoms with Gasteiger partial charge in [-0.2, -0.15) is 0 Å². The number of carbonyl (C=O) groups excluding carboxylic acids is 2. The minimum Gasteiger partial charge on any atom is -0.459 e. The maximum atomic E-state index is 13.3. The van der Waals surface area contributed by atoms with Crippen LogP contribution in [0.25, 0.3) is 6.08 Å². The standard InChI is InChI=1S/C27H38BNO6/c1-5-11-29-26(31)21-13-20(16(3)4)24-22(25(21)27(29)32)14-28(33)35-23(24)10-7-17(6-2)12-18-8-9-19(15-30)34-18/h8-9,12,16,21-23,25,30,33H,5-7,10-11,13-15H2,1-4H3/b17-12+/t21-,22+,23-,25-/m1/s1. The van der Waals surface area contributed by atoms with E-state index in [-0.39, 0.29) is 42.3 Å². The first-order valence-corrected chi connectivity index (χ1v) is 13.1. The highest BCUT2D eigenvalue weighted by molar-refractivity contribution is 6.43. The minimum absolute atomic E-state index is 0.0477. The van der Waals surface area contributed by atoms with Crippen molar-refractivity contribution < 1.29 is 28.8 Å². The van der Waals surface area contributed by atoms with Crippen LogP contribution in [0.3, 0.4) is 0 Å². The third kappa shape index (κ3) is 5.06. The van der Waals surface area contributed by atoms with Crippen LogP contribution in [-0.2, 0) is 20.9 Å². The fraction of sp³-hybridized carbons (Fsp3) is 0.630. The number of likely N-dealkylation sites (tertiary alicyclic amines) is 1. The van der Waals surface area contributed by atoms with Crippen molar-refractivity contribution in [3.8, 4) is 0 Å². The quantitative estimate of drug-likeness (QED) is 0.310. The Morgan fingerprint density at radius 3 is 2.63 bits per heavy atom. The predicted molar refractivity (Wildman–Crippen MR) is 134 cm³/mol. The molecule has 0 unspecified atom stereocenters. The van der Waals surface area contributed by atoms with E-state index in [2.05, 4.69) is 20.8 Å². The fourth-order valence-electron chi connectivity index (χ4n) is 6.18. The van der Waals surface area contributed by atoms with Crippen molar-refractivity contribution in [1.29, 1.82) is 0 Å². The number of nitrogens with zero attached hydrogens (tertiary/aromatic N) is 1. The molecule has 0 bridgehead atoms. The van der Waals surface area contributed by atoms with Gasteiger partial charge < -0.3 is 19.2 Å². The topological polar surface area (TPSA) is 100 Å². The number of aliphatic hydroxyl groups excluding tert-OH is 1. The Morgan fingerprint density at radius 1 is 1.23 bits per heavy atom. The Balaban J connectivity index is 1.61. The smallest absolute Gasteiger partial charge is 0.455 e. The van der Waals surface area contributed by atoms with E-state index in [0.717, 1.165) is 24.8 Å². The van der Waals surface area contributed by atoms with E-state index in [1.165, 1.54) is 16.0 Å². The Kier molecular flexibility index (Phi) is 8.04. The largest absolute Gasteiger partial charge is 0.459 e. The maximum absolute atomic E-state index is 13.3. The Morgan fingerprint density at radius 2 is 2.00 bits per heavy atom. The summed E-state index contributed by atoms with van der Waals surface area (Å²) in [6, 6.07) is 3.62. The van der Waals surface area contributed by atoms with Crippen molar-refractivity contribution in [2.75, 3.05) is 6.54 Å². The average molecular weight is 483 g/mol. The van der Waals surface area contributed by atoms with Gasteiger partial charge in [-0.25, -0.2) is 0 Å². The number of imide groups is 1. The molecule has 1 aliphatic carbocycles. The number of rotatable bonds is 9. The van der Waals surface area contributed by atoms with Crippen molar-refractivity contribution >= 4 is 25.0 Å². The molecule has 4 rings (SSSR count). The van der Waals surface area contributed by atoms with Crippen LogP contribution in [0.1, 0.15) is 71.3 Å². The molecule has 190 valence electrons. The second-order valence-corrected chi connectivity index (χ2v) is 10.4. The van der Waals surface area contributed by atoms with Gasteiger partial charge in [0.2, 0.25) is 11.8 Å². The van der Waals surface area contributed by atoms with Crippen LogP contribution in [-0.4, -0.2) is 46.6 Å². The number of hydrogen-bond donors (Lipinski definition) is 2. The van der Waals surface area contributed by atoms with Gasteiger partial charge in [0.25, 0.3) is 0 Å². The number of fused-ring (bicyclic) bond motifs is 3. The molecule has 4 atom stereocenters. The number of allylic oxidation sites excluding steroid dienone is 2. The van der Waals surface area contributed by atoms with Crippen molar-refractivity contribution in [1.82, 2.24) is 4.90 Å². The summed E-state index contributed by atoms with van der Waals surface area (Å²) in [7, 11) is -0.949. The average Bonchev–Trinajstić information content (AvgIpc) is 3.39. The molecule has 0 aromatic carbocycles. The lowest BCUT2D eigenvalue weighted by atomic mass is 9.57. The summed E-state index contributed by atoms with van der Waals surface area (Å²) in [5.41, 5.74) is 3.54. The van der Waals surface area contributed by atoms with E-state index < -0.39 is 13.0 Å². The van der Waals surface area contributed by atoms with Crippen molar-refractivity contribution in [3.63, 3.8) is 0 Å². The SMILES string of the molecule is CCCN1C(=O)[C@@H]2[C@@H](CC(C(C)C)=C3[C@@H](CC/C(=C/c4ccc(CO)o4)CC)OB(O)C[C@@H]32)C1=O. The number of amides is 2. The first-order chi connectivity index (χ1) is 16.8. The number of aliphatic hydroxyl groups is 1. The van der Waals surface area contributed by atoms with Crippen LogP contribution in [0.4, 0.5) is 0 Å². The van der Waals surface area contributed by atoms with Crippen LogP contribution < -0.4 is 0 Å². The fourth-order valence-corrected chi connectivity index (χ4v) is 6.18. The molecule has 2 saturated heterocycles. The summed E-state index contributed by atoms with van der Waals surface area (Å²) in [5.74, 6) is 0.473. The monoisotopic (exact) mass is 483 g/mol. The first-order valence-electron chi connectivity index (χ1n) is 13.1. The number of hydrogen-bond acceptors (Lipinski definition) is 6. The highest BCUT2D eigenvalue weighted by Gasteiger charge is 2.57. The molecule has 7 nitrogen and oxygen atoms in total. The molecule has 3 heterocycles. The number of carbonyl (C=O) groups is 2. The van der Waals surface area contributed by atoms with Crippen LogP contribution in [0, 0.1) is 23.7 Å². The van der Waals surface area contributed by atoms with Gasteiger partial charge in [0.05, 0.1) is 17.9 Å². The van der Waals surface area contributed by atoms with E-state index >= 15 is 0 Å². The second-order valence-electron chi connectivity index (χ2n) is 10.4. The van der Waals surface area contributed by atoms with Crippen molar-refractivity contribution in [3.05, 3.63) is 40.4 Å². The van der Waals surface area contributed by atoms with Crippen LogP contribution in [0.5, 0.6) is 0 Å². The van der Waals surface area contributed by atoms with Crippen molar-refractivity contribution in [2.24, 2.45) is 23.7 Å². The summed E-state index contributed by atoms with van der Waals surface area (Å²) in [5, 5.41) is 19.9. The maximum Gasteiger partial charge on any atom is 0.455 e. The summed E-state index contributed by atoms with van der Waals surface area (Å²) in [6.45, 7) is 8.68. The Bertz CT molecular complexity index is 1010. The zero-order chi connectivity index (χ0) is 25.3. The summed E-state index contributed by atoms with van der Waals surface area (Å²) < 4.78 is 11.7. The Hall–Kier alpha value is -2.16. The predicted octanol–water partition coefficient (Wildman–Crippen LogP) is 4.21. The lowest BCUT2D eigenvalue weighted by Crippen LogP contribution is -2.46. The number of furan rings is 1. The van der Waals surface area contributed by atoms with Gasteiger partial charge >= 0.3 is 7.12 Å². The lowest BCUT2D eigenvalue weighted by molar-refractivity contribution is -0.140.